The third kappa shape index (κ3) is 3.04. The highest BCUT2D eigenvalue weighted by Gasteiger charge is 2.22. The lowest BCUT2D eigenvalue weighted by Gasteiger charge is -2.24. The Balaban J connectivity index is 2.14. The van der Waals surface area contributed by atoms with Gasteiger partial charge >= 0.3 is 0 Å². The molecule has 0 aromatic carbocycles. The summed E-state index contributed by atoms with van der Waals surface area (Å²) in [7, 11) is 0. The summed E-state index contributed by atoms with van der Waals surface area (Å²) in [4.78, 5) is 2.45. The predicted octanol–water partition coefficient (Wildman–Crippen LogP) is 3.20. The highest BCUT2D eigenvalue weighted by Crippen LogP contribution is 2.30. The van der Waals surface area contributed by atoms with E-state index < -0.39 is 0 Å². The lowest BCUT2D eigenvalue weighted by Crippen LogP contribution is -2.27. The summed E-state index contributed by atoms with van der Waals surface area (Å²) in [5.74, 6) is 2.05. The van der Waals surface area contributed by atoms with E-state index in [0.717, 1.165) is 42.8 Å². The highest BCUT2D eigenvalue weighted by molar-refractivity contribution is 5.66. The van der Waals surface area contributed by atoms with Crippen LogP contribution in [0, 0.1) is 12.8 Å². The second-order valence-electron chi connectivity index (χ2n) is 5.71. The maximum absolute atomic E-state index is 6.23. The van der Waals surface area contributed by atoms with Crippen LogP contribution in [0.3, 0.4) is 0 Å². The molecule has 2 N–H and O–H groups in total. The van der Waals surface area contributed by atoms with Gasteiger partial charge in [-0.15, -0.1) is 0 Å². The number of hydrogen-bond donors (Lipinski definition) is 1. The number of nitrogens with zero attached hydrogens (tertiary/aromatic N) is 3. The molecule has 0 radical (unpaired) electrons. The maximum atomic E-state index is 6.23. The summed E-state index contributed by atoms with van der Waals surface area (Å²) in [6.07, 6.45) is 6.61. The number of nitrogens with two attached hydrogens (primary N) is 1. The number of anilines is 2. The van der Waals surface area contributed by atoms with Gasteiger partial charge in [0.05, 0.1) is 11.4 Å². The van der Waals surface area contributed by atoms with Gasteiger partial charge in [0, 0.05) is 19.6 Å². The molecule has 4 heteroatoms. The van der Waals surface area contributed by atoms with Crippen LogP contribution in [0.1, 0.15) is 51.6 Å². The van der Waals surface area contributed by atoms with Crippen LogP contribution in [-0.4, -0.2) is 22.9 Å². The van der Waals surface area contributed by atoms with Gasteiger partial charge in [0.2, 0.25) is 0 Å². The van der Waals surface area contributed by atoms with E-state index >= 15 is 0 Å². The Morgan fingerprint density at radius 3 is 2.74 bits per heavy atom. The van der Waals surface area contributed by atoms with Gasteiger partial charge in [0.15, 0.2) is 5.82 Å². The summed E-state index contributed by atoms with van der Waals surface area (Å²) in [5, 5.41) is 4.54. The molecule has 0 aliphatic carbocycles. The van der Waals surface area contributed by atoms with Gasteiger partial charge in [-0.3, -0.25) is 0 Å². The zero-order valence-electron chi connectivity index (χ0n) is 12.7. The smallest absolute Gasteiger partial charge is 0.150 e. The second kappa shape index (κ2) is 6.31. The third-order valence-electron chi connectivity index (χ3n) is 4.29. The van der Waals surface area contributed by atoms with Crippen LogP contribution in [0.5, 0.6) is 0 Å². The Labute approximate surface area is 117 Å². The summed E-state index contributed by atoms with van der Waals surface area (Å²) in [6.45, 7) is 9.56. The molecule has 0 saturated carbocycles. The lowest BCUT2D eigenvalue weighted by atomic mass is 9.96. The highest BCUT2D eigenvalue weighted by atomic mass is 15.4. The first-order valence-electron chi connectivity index (χ1n) is 7.75. The number of aromatic nitrogens is 2. The van der Waals surface area contributed by atoms with Gasteiger partial charge in [-0.05, 0) is 39.0 Å². The van der Waals surface area contributed by atoms with Crippen molar-refractivity contribution >= 4 is 11.5 Å². The molecule has 1 aromatic heterocycles. The second-order valence-corrected chi connectivity index (χ2v) is 5.71. The molecule has 1 unspecified atom stereocenters. The van der Waals surface area contributed by atoms with Crippen LogP contribution >= 0.6 is 0 Å². The maximum Gasteiger partial charge on any atom is 0.150 e. The minimum atomic E-state index is 0.871. The third-order valence-corrected chi connectivity index (χ3v) is 4.29. The summed E-state index contributed by atoms with van der Waals surface area (Å²) in [5.41, 5.74) is 8.06. The van der Waals surface area contributed by atoms with Crippen LogP contribution in [0.2, 0.25) is 0 Å². The fourth-order valence-electron chi connectivity index (χ4n) is 3.21. The molecule has 1 fully saturated rings. The zero-order chi connectivity index (χ0) is 13.8. The van der Waals surface area contributed by atoms with Crippen molar-refractivity contribution in [2.45, 2.75) is 59.4 Å². The molecule has 0 bridgehead atoms. The average Bonchev–Trinajstić information content (AvgIpc) is 2.57. The van der Waals surface area contributed by atoms with Crippen LogP contribution in [0.25, 0.3) is 0 Å². The molecule has 4 nitrogen and oxygen atoms in total. The van der Waals surface area contributed by atoms with Crippen molar-refractivity contribution in [2.24, 2.45) is 5.92 Å². The van der Waals surface area contributed by atoms with Crippen molar-refractivity contribution in [3.63, 3.8) is 0 Å². The Morgan fingerprint density at radius 2 is 2.05 bits per heavy atom. The Hall–Kier alpha value is -1.19. The molecule has 1 aliphatic rings. The van der Waals surface area contributed by atoms with Gasteiger partial charge in [0.1, 0.15) is 0 Å². The molecule has 1 atom stereocenters. The number of rotatable bonds is 4. The van der Waals surface area contributed by atoms with Crippen molar-refractivity contribution in [1.29, 1.82) is 0 Å². The van der Waals surface area contributed by atoms with E-state index in [4.69, 9.17) is 5.73 Å². The van der Waals surface area contributed by atoms with Crippen LogP contribution < -0.4 is 10.6 Å². The van der Waals surface area contributed by atoms with Gasteiger partial charge in [0.25, 0.3) is 0 Å². The van der Waals surface area contributed by atoms with Crippen molar-refractivity contribution in [1.82, 2.24) is 9.78 Å². The molecule has 1 aromatic rings. The molecule has 108 valence electrons. The summed E-state index contributed by atoms with van der Waals surface area (Å²) < 4.78 is 2.06. The van der Waals surface area contributed by atoms with E-state index in [1.54, 1.807) is 0 Å². The fraction of sp³-hybridized carbons (Fsp3) is 0.800. The van der Waals surface area contributed by atoms with Gasteiger partial charge < -0.3 is 10.6 Å². The van der Waals surface area contributed by atoms with Crippen LogP contribution in [-0.2, 0) is 6.54 Å². The van der Waals surface area contributed by atoms with Crippen molar-refractivity contribution < 1.29 is 0 Å². The topological polar surface area (TPSA) is 47.1 Å². The summed E-state index contributed by atoms with van der Waals surface area (Å²) in [6, 6.07) is 0. The number of nitrogen functional groups attached to an aromatic ring is 1. The molecule has 2 rings (SSSR count). The van der Waals surface area contributed by atoms with Crippen molar-refractivity contribution in [2.75, 3.05) is 23.7 Å². The largest absolute Gasteiger partial charge is 0.394 e. The normalized spacial score (nSPS) is 20.6. The first kappa shape index (κ1) is 14.2. The van der Waals surface area contributed by atoms with Gasteiger partial charge in [-0.1, -0.05) is 19.8 Å². The molecular weight excluding hydrogens is 236 g/mol. The Morgan fingerprint density at radius 1 is 1.26 bits per heavy atom. The lowest BCUT2D eigenvalue weighted by molar-refractivity contribution is 0.435. The average molecular weight is 264 g/mol. The van der Waals surface area contributed by atoms with Crippen LogP contribution in [0.4, 0.5) is 11.5 Å². The number of aryl methyl sites for hydroxylation is 2. The molecule has 2 heterocycles. The van der Waals surface area contributed by atoms with Crippen LogP contribution in [0.15, 0.2) is 0 Å². The number of hydrogen-bond acceptors (Lipinski definition) is 3. The van der Waals surface area contributed by atoms with E-state index in [-0.39, 0.29) is 0 Å². The first-order chi connectivity index (χ1) is 9.17. The van der Waals surface area contributed by atoms with Gasteiger partial charge in [-0.2, -0.15) is 5.10 Å². The van der Waals surface area contributed by atoms with E-state index in [0.29, 0.717) is 0 Å². The van der Waals surface area contributed by atoms with E-state index in [2.05, 4.69) is 28.5 Å². The molecule has 19 heavy (non-hydrogen) atoms. The van der Waals surface area contributed by atoms with Gasteiger partial charge in [-0.25, -0.2) is 4.68 Å². The fourth-order valence-corrected chi connectivity index (χ4v) is 3.21. The Bertz CT molecular complexity index is 411. The molecule has 0 amide bonds. The van der Waals surface area contributed by atoms with E-state index in [9.17, 15) is 0 Å². The molecule has 1 saturated heterocycles. The molecule has 0 spiro atoms. The molecular formula is C15H28N4. The minimum absolute atomic E-state index is 0.871. The first-order valence-corrected chi connectivity index (χ1v) is 7.75. The minimum Gasteiger partial charge on any atom is -0.394 e. The van der Waals surface area contributed by atoms with E-state index in [1.165, 1.54) is 32.1 Å². The van der Waals surface area contributed by atoms with Crippen molar-refractivity contribution in [3.05, 3.63) is 5.69 Å². The Kier molecular flexibility index (Phi) is 4.72. The van der Waals surface area contributed by atoms with E-state index in [1.807, 2.05) is 6.92 Å². The summed E-state index contributed by atoms with van der Waals surface area (Å²) >= 11 is 0. The predicted molar refractivity (Wildman–Crippen MR) is 81.5 cm³/mol. The monoisotopic (exact) mass is 264 g/mol. The zero-order valence-corrected chi connectivity index (χ0v) is 12.7. The molecule has 1 aliphatic heterocycles. The standard InChI is InChI=1S/C15H28N4/c1-4-7-13-8-6-10-18(11-9-13)15-14(16)12(3)17-19(15)5-2/h13H,4-11,16H2,1-3H3. The SMILES string of the molecule is CCCC1CCCN(c2c(N)c(C)nn2CC)CC1. The van der Waals surface area contributed by atoms with Crippen molar-refractivity contribution in [3.8, 4) is 0 Å². The quantitative estimate of drug-likeness (QED) is 0.908.